The van der Waals surface area contributed by atoms with Crippen molar-refractivity contribution in [1.29, 1.82) is 0 Å². The average molecular weight is 375 g/mol. The van der Waals surface area contributed by atoms with Crippen molar-refractivity contribution in [3.63, 3.8) is 0 Å². The van der Waals surface area contributed by atoms with Gasteiger partial charge in [0.2, 0.25) is 5.95 Å². The molecule has 3 aromatic rings. The molecule has 136 valence electrons. The van der Waals surface area contributed by atoms with Crippen molar-refractivity contribution in [3.8, 4) is 0 Å². The highest BCUT2D eigenvalue weighted by Gasteiger charge is 2.20. The van der Waals surface area contributed by atoms with Crippen molar-refractivity contribution < 1.29 is 0 Å². The Hall–Kier alpha value is -2.87. The van der Waals surface area contributed by atoms with Crippen LogP contribution in [-0.4, -0.2) is 24.9 Å². The first-order chi connectivity index (χ1) is 12.3. The minimum absolute atomic E-state index is 0.0665. The van der Waals surface area contributed by atoms with E-state index in [1.807, 2.05) is 32.0 Å². The SMILES string of the molecule is CC(C)n1c(NN=Cc2ccccc2Cl)nc2c1c(=O)n(C)c(=O)n2C. The molecule has 0 bridgehead atoms. The molecule has 1 N–H and O–H groups in total. The second kappa shape index (κ2) is 6.80. The summed E-state index contributed by atoms with van der Waals surface area (Å²) in [6.45, 7) is 3.85. The van der Waals surface area contributed by atoms with Gasteiger partial charge in [-0.2, -0.15) is 10.1 Å². The molecule has 0 saturated heterocycles. The fraction of sp³-hybridized carbons (Fsp3) is 0.294. The third kappa shape index (κ3) is 2.92. The molecule has 0 atom stereocenters. The zero-order valence-electron chi connectivity index (χ0n) is 14.9. The molecule has 0 amide bonds. The summed E-state index contributed by atoms with van der Waals surface area (Å²) in [5.74, 6) is 0.372. The van der Waals surface area contributed by atoms with Gasteiger partial charge in [-0.1, -0.05) is 29.8 Å². The third-order valence-electron chi connectivity index (χ3n) is 4.08. The van der Waals surface area contributed by atoms with Gasteiger partial charge < -0.3 is 4.57 Å². The van der Waals surface area contributed by atoms with Gasteiger partial charge in [-0.05, 0) is 19.9 Å². The maximum atomic E-state index is 12.6. The summed E-state index contributed by atoms with van der Waals surface area (Å²) >= 11 is 6.11. The predicted octanol–water partition coefficient (Wildman–Crippen LogP) is 2.11. The Morgan fingerprint density at radius 1 is 1.19 bits per heavy atom. The van der Waals surface area contributed by atoms with Crippen molar-refractivity contribution in [2.75, 3.05) is 5.43 Å². The van der Waals surface area contributed by atoms with Crippen LogP contribution in [0.15, 0.2) is 39.0 Å². The summed E-state index contributed by atoms with van der Waals surface area (Å²) in [6.07, 6.45) is 1.57. The summed E-state index contributed by atoms with van der Waals surface area (Å²) in [5, 5.41) is 4.75. The monoisotopic (exact) mass is 374 g/mol. The largest absolute Gasteiger partial charge is 0.332 e. The standard InChI is InChI=1S/C17H19ClN6O2/c1-10(2)24-13-14(22(3)17(26)23(4)15(13)25)20-16(24)21-19-9-11-7-5-6-8-12(11)18/h5-10H,1-4H3,(H,20,21). The molecule has 0 aliphatic rings. The number of aromatic nitrogens is 4. The fourth-order valence-electron chi connectivity index (χ4n) is 2.74. The lowest BCUT2D eigenvalue weighted by Crippen LogP contribution is -2.37. The number of rotatable bonds is 4. The third-order valence-corrected chi connectivity index (χ3v) is 4.43. The molecule has 0 radical (unpaired) electrons. The van der Waals surface area contributed by atoms with Gasteiger partial charge in [0.05, 0.1) is 6.21 Å². The van der Waals surface area contributed by atoms with Gasteiger partial charge in [0.15, 0.2) is 11.2 Å². The zero-order chi connectivity index (χ0) is 19.0. The van der Waals surface area contributed by atoms with Crippen molar-refractivity contribution in [1.82, 2.24) is 18.7 Å². The Labute approximate surface area is 154 Å². The number of aryl methyl sites for hydroxylation is 1. The summed E-state index contributed by atoms with van der Waals surface area (Å²) in [6, 6.07) is 7.23. The molecule has 8 nitrogen and oxygen atoms in total. The topological polar surface area (TPSA) is 86.2 Å². The van der Waals surface area contributed by atoms with Crippen LogP contribution in [0.4, 0.5) is 5.95 Å². The van der Waals surface area contributed by atoms with E-state index in [2.05, 4.69) is 15.5 Å². The van der Waals surface area contributed by atoms with Gasteiger partial charge >= 0.3 is 5.69 Å². The van der Waals surface area contributed by atoms with Gasteiger partial charge in [0.25, 0.3) is 5.56 Å². The van der Waals surface area contributed by atoms with Crippen LogP contribution in [-0.2, 0) is 14.1 Å². The molecule has 2 heterocycles. The molecule has 9 heteroatoms. The van der Waals surface area contributed by atoms with Crippen LogP contribution in [0.25, 0.3) is 11.2 Å². The number of nitrogens with zero attached hydrogens (tertiary/aromatic N) is 5. The Morgan fingerprint density at radius 3 is 2.54 bits per heavy atom. The number of halogens is 1. The highest BCUT2D eigenvalue weighted by molar-refractivity contribution is 6.33. The quantitative estimate of drug-likeness (QED) is 0.559. The molecule has 0 fully saturated rings. The Bertz CT molecular complexity index is 1120. The van der Waals surface area contributed by atoms with E-state index in [4.69, 9.17) is 11.6 Å². The molecule has 0 saturated carbocycles. The highest BCUT2D eigenvalue weighted by Crippen LogP contribution is 2.21. The molecule has 3 rings (SSSR count). The number of imidazole rings is 1. The highest BCUT2D eigenvalue weighted by atomic mass is 35.5. The van der Waals surface area contributed by atoms with Crippen LogP contribution in [0.1, 0.15) is 25.5 Å². The number of hydrogen-bond acceptors (Lipinski definition) is 5. The molecule has 0 aliphatic heterocycles. The number of hydrazone groups is 1. The number of hydrogen-bond donors (Lipinski definition) is 1. The molecule has 0 aliphatic carbocycles. The molecule has 0 unspecified atom stereocenters. The second-order valence-electron chi connectivity index (χ2n) is 6.17. The van der Waals surface area contributed by atoms with E-state index in [1.54, 1.807) is 23.9 Å². The second-order valence-corrected chi connectivity index (χ2v) is 6.58. The lowest BCUT2D eigenvalue weighted by atomic mass is 10.2. The predicted molar refractivity (Wildman–Crippen MR) is 103 cm³/mol. The van der Waals surface area contributed by atoms with Gasteiger partial charge in [0.1, 0.15) is 0 Å². The van der Waals surface area contributed by atoms with Crippen LogP contribution in [0.2, 0.25) is 5.02 Å². The number of nitrogens with one attached hydrogen (secondary N) is 1. The van der Waals surface area contributed by atoms with E-state index >= 15 is 0 Å². The maximum Gasteiger partial charge on any atom is 0.332 e. The van der Waals surface area contributed by atoms with Gasteiger partial charge in [-0.15, -0.1) is 0 Å². The van der Waals surface area contributed by atoms with E-state index in [9.17, 15) is 9.59 Å². The Morgan fingerprint density at radius 2 is 1.88 bits per heavy atom. The van der Waals surface area contributed by atoms with Gasteiger partial charge in [0, 0.05) is 30.7 Å². The van der Waals surface area contributed by atoms with Gasteiger partial charge in [-0.3, -0.25) is 13.9 Å². The van der Waals surface area contributed by atoms with Crippen LogP contribution in [0.3, 0.4) is 0 Å². The van der Waals surface area contributed by atoms with E-state index in [-0.39, 0.29) is 6.04 Å². The lowest BCUT2D eigenvalue weighted by molar-refractivity contribution is 0.615. The first-order valence-corrected chi connectivity index (χ1v) is 8.42. The summed E-state index contributed by atoms with van der Waals surface area (Å²) in [5.41, 5.74) is 3.43. The average Bonchev–Trinajstić information content (AvgIpc) is 2.99. The maximum absolute atomic E-state index is 12.6. The zero-order valence-corrected chi connectivity index (χ0v) is 15.7. The first kappa shape index (κ1) is 17.9. The van der Waals surface area contributed by atoms with Crippen LogP contribution in [0, 0.1) is 0 Å². The lowest BCUT2D eigenvalue weighted by Gasteiger charge is -2.12. The number of benzene rings is 1. The van der Waals surface area contributed by atoms with Gasteiger partial charge in [-0.25, -0.2) is 10.2 Å². The van der Waals surface area contributed by atoms with Crippen LogP contribution >= 0.6 is 11.6 Å². The molecule has 1 aromatic carbocycles. The molecule has 26 heavy (non-hydrogen) atoms. The van der Waals surface area contributed by atoms with Crippen LogP contribution < -0.4 is 16.7 Å². The fourth-order valence-corrected chi connectivity index (χ4v) is 2.92. The van der Waals surface area contributed by atoms with Crippen molar-refractivity contribution in [3.05, 3.63) is 55.7 Å². The smallest absolute Gasteiger partial charge is 0.300 e. The van der Waals surface area contributed by atoms with Crippen LogP contribution in [0.5, 0.6) is 0 Å². The first-order valence-electron chi connectivity index (χ1n) is 8.04. The van der Waals surface area contributed by atoms with Crippen molar-refractivity contribution in [2.45, 2.75) is 19.9 Å². The molecular weight excluding hydrogens is 356 g/mol. The summed E-state index contributed by atoms with van der Waals surface area (Å²) in [7, 11) is 3.03. The van der Waals surface area contributed by atoms with Crippen molar-refractivity contribution in [2.24, 2.45) is 19.2 Å². The Kier molecular flexibility index (Phi) is 4.69. The summed E-state index contributed by atoms with van der Waals surface area (Å²) in [4.78, 5) is 29.1. The minimum Gasteiger partial charge on any atom is -0.300 e. The number of anilines is 1. The van der Waals surface area contributed by atoms with E-state index in [0.29, 0.717) is 22.1 Å². The summed E-state index contributed by atoms with van der Waals surface area (Å²) < 4.78 is 4.14. The molecule has 0 spiro atoms. The van der Waals surface area contributed by atoms with E-state index in [0.717, 1.165) is 10.1 Å². The Balaban J connectivity index is 2.12. The van der Waals surface area contributed by atoms with E-state index in [1.165, 1.54) is 11.6 Å². The van der Waals surface area contributed by atoms with E-state index < -0.39 is 11.2 Å². The molecular formula is C17H19ClN6O2. The number of fused-ring (bicyclic) bond motifs is 1. The minimum atomic E-state index is -0.429. The van der Waals surface area contributed by atoms with Crippen molar-refractivity contribution >= 4 is 34.9 Å². The molecule has 2 aromatic heterocycles. The normalized spacial score (nSPS) is 11.8.